The van der Waals surface area contributed by atoms with Crippen LogP contribution in [0.1, 0.15) is 67.2 Å². The van der Waals surface area contributed by atoms with Crippen LogP contribution in [0.4, 0.5) is 0 Å². The molecule has 4 heteroatoms. The van der Waals surface area contributed by atoms with E-state index in [0.29, 0.717) is 25.7 Å². The maximum absolute atomic E-state index is 12.2. The van der Waals surface area contributed by atoms with Crippen molar-refractivity contribution in [1.29, 1.82) is 0 Å². The number of aromatic nitrogens is 1. The summed E-state index contributed by atoms with van der Waals surface area (Å²) < 4.78 is 2.27. The Morgan fingerprint density at radius 1 is 1.18 bits per heavy atom. The minimum atomic E-state index is 0.125. The van der Waals surface area contributed by atoms with E-state index in [1.54, 1.807) is 6.92 Å². The molecule has 0 aliphatic heterocycles. The first-order valence-electron chi connectivity index (χ1n) is 10.1. The Kier molecular flexibility index (Phi) is 6.57. The van der Waals surface area contributed by atoms with Gasteiger partial charge >= 0.3 is 0 Å². The van der Waals surface area contributed by atoms with E-state index in [4.69, 9.17) is 0 Å². The fourth-order valence-corrected chi connectivity index (χ4v) is 4.50. The van der Waals surface area contributed by atoms with Gasteiger partial charge in [0.15, 0.2) is 11.6 Å². The van der Waals surface area contributed by atoms with Crippen LogP contribution in [0.2, 0.25) is 0 Å². The molecule has 2 aliphatic carbocycles. The van der Waals surface area contributed by atoms with Crippen molar-refractivity contribution in [3.05, 3.63) is 46.2 Å². The zero-order valence-electron chi connectivity index (χ0n) is 16.8. The van der Waals surface area contributed by atoms with Gasteiger partial charge in [-0.1, -0.05) is 41.8 Å². The van der Waals surface area contributed by atoms with Crippen molar-refractivity contribution >= 4 is 38.4 Å². The molecule has 0 N–H and O–H groups in total. The molecule has 0 fully saturated rings. The maximum Gasteiger partial charge on any atom is 0.163 e. The first-order valence-corrected chi connectivity index (χ1v) is 11.2. The molecule has 0 amide bonds. The lowest BCUT2D eigenvalue weighted by Crippen LogP contribution is -2.02. The lowest BCUT2D eigenvalue weighted by atomic mass is 9.98. The summed E-state index contributed by atoms with van der Waals surface area (Å²) in [6.45, 7) is 6.46. The Labute approximate surface area is 175 Å². The number of aryl methyl sites for hydroxylation is 2. The highest BCUT2D eigenvalue weighted by Crippen LogP contribution is 2.36. The van der Waals surface area contributed by atoms with E-state index in [0.717, 1.165) is 46.2 Å². The minimum absolute atomic E-state index is 0.125. The zero-order valence-corrected chi connectivity index (χ0v) is 18.4. The van der Waals surface area contributed by atoms with Gasteiger partial charge in [0.1, 0.15) is 0 Å². The van der Waals surface area contributed by atoms with Gasteiger partial charge in [0.2, 0.25) is 0 Å². The Hall–Kier alpha value is -2.12. The molecule has 0 saturated heterocycles. The van der Waals surface area contributed by atoms with Crippen LogP contribution in [0.3, 0.4) is 0 Å². The van der Waals surface area contributed by atoms with Crippen molar-refractivity contribution in [3.8, 4) is 11.8 Å². The smallest absolute Gasteiger partial charge is 0.163 e. The van der Waals surface area contributed by atoms with E-state index in [2.05, 4.69) is 44.5 Å². The summed E-state index contributed by atoms with van der Waals surface area (Å²) in [6, 6.07) is 4.04. The van der Waals surface area contributed by atoms with Crippen LogP contribution in [-0.4, -0.2) is 21.5 Å². The molecule has 3 nitrogen and oxygen atoms in total. The van der Waals surface area contributed by atoms with Crippen LogP contribution in [0.5, 0.6) is 0 Å². The van der Waals surface area contributed by atoms with Gasteiger partial charge in [-0.3, -0.25) is 9.59 Å². The molecule has 28 heavy (non-hydrogen) atoms. The highest BCUT2D eigenvalue weighted by Gasteiger charge is 2.26. The third-order valence-electron chi connectivity index (χ3n) is 5.38. The largest absolute Gasteiger partial charge is 0.333 e. The highest BCUT2D eigenvalue weighted by atomic mass is 79.9. The van der Waals surface area contributed by atoms with Crippen molar-refractivity contribution in [2.75, 3.05) is 5.33 Å². The number of halogens is 1. The van der Waals surface area contributed by atoms with Crippen LogP contribution < -0.4 is 0 Å². The summed E-state index contributed by atoms with van der Waals surface area (Å²) in [5.41, 5.74) is 6.23. The Morgan fingerprint density at radius 2 is 1.96 bits per heavy atom. The molecule has 0 saturated carbocycles. The van der Waals surface area contributed by atoms with Gasteiger partial charge in [-0.25, -0.2) is 0 Å². The van der Waals surface area contributed by atoms with E-state index >= 15 is 0 Å². The van der Waals surface area contributed by atoms with Crippen LogP contribution in [-0.2, 0) is 24.2 Å². The molecule has 1 aromatic heterocycles. The number of benzene rings is 1. The number of rotatable bonds is 3. The van der Waals surface area contributed by atoms with E-state index in [1.807, 2.05) is 19.9 Å². The molecular formula is C24H26BrNO2. The van der Waals surface area contributed by atoms with E-state index in [1.165, 1.54) is 10.9 Å². The van der Waals surface area contributed by atoms with Crippen LogP contribution in [0, 0.1) is 11.8 Å². The molecule has 2 aliphatic rings. The number of hydrogen-bond acceptors (Lipinski definition) is 2. The second kappa shape index (κ2) is 8.92. The number of hydrogen-bond donors (Lipinski definition) is 0. The van der Waals surface area contributed by atoms with E-state index < -0.39 is 0 Å². The van der Waals surface area contributed by atoms with Crippen LogP contribution in [0.15, 0.2) is 23.8 Å². The van der Waals surface area contributed by atoms with Gasteiger partial charge in [0.25, 0.3) is 0 Å². The molecule has 0 unspecified atom stereocenters. The first kappa shape index (κ1) is 20.6. The summed E-state index contributed by atoms with van der Waals surface area (Å²) in [7, 11) is 0. The lowest BCUT2D eigenvalue weighted by Gasteiger charge is -2.06. The molecule has 0 radical (unpaired) electrons. The number of carbonyl (C=O) groups excluding carboxylic acids is 2. The Balaban J connectivity index is 0.00000109. The van der Waals surface area contributed by atoms with Crippen LogP contribution >= 0.6 is 15.9 Å². The highest BCUT2D eigenvalue weighted by molar-refractivity contribution is 9.09. The summed E-state index contributed by atoms with van der Waals surface area (Å²) in [5, 5.41) is 2.02. The second-order valence-corrected chi connectivity index (χ2v) is 7.66. The van der Waals surface area contributed by atoms with Gasteiger partial charge < -0.3 is 4.57 Å². The number of Topliss-reactive ketones (excluding diaryl/α,β-unsaturated/α-hetero) is 2. The molecule has 146 valence electrons. The number of carbonyl (C=O) groups is 2. The molecule has 1 aromatic carbocycles. The van der Waals surface area contributed by atoms with Crippen molar-refractivity contribution in [2.45, 2.75) is 59.4 Å². The maximum atomic E-state index is 12.2. The average Bonchev–Trinajstić information content (AvgIpc) is 3.24. The SMILES string of the molecule is CC.CC(=O)/C1=C/Cc2c(n(CCBr)c3ccc4c(c23)CCC4=O)C#CCC1. The summed E-state index contributed by atoms with van der Waals surface area (Å²) in [5.74, 6) is 6.99. The monoisotopic (exact) mass is 439 g/mol. The third kappa shape index (κ3) is 3.61. The third-order valence-corrected chi connectivity index (χ3v) is 5.74. The summed E-state index contributed by atoms with van der Waals surface area (Å²) in [4.78, 5) is 24.1. The molecule has 2 aromatic rings. The first-order chi connectivity index (χ1) is 13.6. The number of allylic oxidation sites excluding steroid dienone is 2. The van der Waals surface area contributed by atoms with Gasteiger partial charge in [-0.05, 0) is 60.9 Å². The van der Waals surface area contributed by atoms with Gasteiger partial charge in [-0.2, -0.15) is 0 Å². The summed E-state index contributed by atoms with van der Waals surface area (Å²) in [6.07, 6.45) is 5.54. The zero-order chi connectivity index (χ0) is 20.3. The number of ketones is 2. The fourth-order valence-electron chi connectivity index (χ4n) is 4.14. The van der Waals surface area contributed by atoms with Crippen molar-refractivity contribution < 1.29 is 9.59 Å². The lowest BCUT2D eigenvalue weighted by molar-refractivity contribution is -0.113. The summed E-state index contributed by atoms with van der Waals surface area (Å²) >= 11 is 3.56. The number of nitrogens with zero attached hydrogens (tertiary/aromatic N) is 1. The van der Waals surface area contributed by atoms with Crippen molar-refractivity contribution in [3.63, 3.8) is 0 Å². The van der Waals surface area contributed by atoms with Gasteiger partial charge in [0, 0.05) is 41.2 Å². The van der Waals surface area contributed by atoms with Gasteiger partial charge in [-0.15, -0.1) is 0 Å². The normalized spacial score (nSPS) is 17.0. The second-order valence-electron chi connectivity index (χ2n) is 6.87. The Bertz CT molecular complexity index is 1030. The number of alkyl halides is 1. The van der Waals surface area contributed by atoms with Crippen molar-refractivity contribution in [1.82, 2.24) is 4.57 Å². The van der Waals surface area contributed by atoms with Crippen molar-refractivity contribution in [2.24, 2.45) is 0 Å². The molecular weight excluding hydrogens is 414 g/mol. The molecule has 0 spiro atoms. The quantitative estimate of drug-likeness (QED) is 0.474. The van der Waals surface area contributed by atoms with Crippen LogP contribution in [0.25, 0.3) is 10.9 Å². The standard InChI is InChI=1S/C22H20BrNO2.C2H6/c1-14(25)15-4-2-3-5-19-18(7-6-15)22-17-9-11-21(26)16(17)8-10-20(22)24(19)13-12-23;1-2/h6,8,10H,2,4,7,9,11-13H2,1H3;1-2H3/b15-6+;. The number of fused-ring (bicyclic) bond motifs is 5. The van der Waals surface area contributed by atoms with E-state index in [9.17, 15) is 9.59 Å². The predicted molar refractivity (Wildman–Crippen MR) is 118 cm³/mol. The van der Waals surface area contributed by atoms with Gasteiger partial charge in [0.05, 0.1) is 5.69 Å². The average molecular weight is 440 g/mol. The molecule has 0 bridgehead atoms. The Morgan fingerprint density at radius 3 is 2.68 bits per heavy atom. The fraction of sp³-hybridized carbons (Fsp3) is 0.417. The topological polar surface area (TPSA) is 39.1 Å². The molecule has 4 rings (SSSR count). The predicted octanol–water partition coefficient (Wildman–Crippen LogP) is 5.39. The van der Waals surface area contributed by atoms with E-state index in [-0.39, 0.29) is 11.6 Å². The minimum Gasteiger partial charge on any atom is -0.333 e. The molecule has 0 atom stereocenters. The molecule has 1 heterocycles.